The summed E-state index contributed by atoms with van der Waals surface area (Å²) in [6.07, 6.45) is -0.561. The molecule has 0 aliphatic carbocycles. The van der Waals surface area contributed by atoms with Crippen molar-refractivity contribution in [3.05, 3.63) is 76.7 Å². The quantitative estimate of drug-likeness (QED) is 0.585. The van der Waals surface area contributed by atoms with E-state index in [0.717, 1.165) is 10.7 Å². The third-order valence-electron chi connectivity index (χ3n) is 3.96. The summed E-state index contributed by atoms with van der Waals surface area (Å²) in [5, 5.41) is 25.5. The fraction of sp³-hybridized carbons (Fsp3) is 0.105. The van der Waals surface area contributed by atoms with Crippen molar-refractivity contribution in [2.45, 2.75) is 12.5 Å². The Labute approximate surface area is 164 Å². The Morgan fingerprint density at radius 1 is 1.18 bits per heavy atom. The number of aliphatic carboxylic acids is 1. The van der Waals surface area contributed by atoms with Crippen molar-refractivity contribution in [2.75, 3.05) is 0 Å². The molecule has 0 aliphatic rings. The molecule has 0 saturated heterocycles. The van der Waals surface area contributed by atoms with Crippen LogP contribution in [0.5, 0.6) is 5.88 Å². The lowest BCUT2D eigenvalue weighted by Gasteiger charge is -2.18. The van der Waals surface area contributed by atoms with Crippen molar-refractivity contribution < 1.29 is 24.2 Å². The number of carboxylic acid groups (broad SMARTS) is 1. The molecule has 1 unspecified atom stereocenters. The van der Waals surface area contributed by atoms with Gasteiger partial charge in [0.05, 0.1) is 23.2 Å². The van der Waals surface area contributed by atoms with Gasteiger partial charge in [0.1, 0.15) is 5.82 Å². The SMILES string of the molecule is O=C(O)CC(NC(=O)c1cc(O)n(-c2ccccc2)n1)c1cccc(Cl)c1F. The van der Waals surface area contributed by atoms with Crippen LogP contribution >= 0.6 is 11.6 Å². The fourth-order valence-electron chi connectivity index (χ4n) is 2.68. The number of hydrogen-bond donors (Lipinski definition) is 3. The molecule has 9 heteroatoms. The van der Waals surface area contributed by atoms with E-state index in [4.69, 9.17) is 16.7 Å². The van der Waals surface area contributed by atoms with Gasteiger partial charge >= 0.3 is 5.97 Å². The standard InChI is InChI=1S/C19H15ClFN3O4/c20-13-8-4-7-12(18(13)21)14(10-17(26)27)22-19(28)15-9-16(25)24(23-15)11-5-2-1-3-6-11/h1-9,14,25H,10H2,(H,22,28)(H,26,27). The monoisotopic (exact) mass is 403 g/mol. The summed E-state index contributed by atoms with van der Waals surface area (Å²) in [7, 11) is 0. The van der Waals surface area contributed by atoms with Crippen molar-refractivity contribution >= 4 is 23.5 Å². The molecule has 0 aliphatic heterocycles. The van der Waals surface area contributed by atoms with E-state index in [1.165, 1.54) is 18.2 Å². The molecule has 1 aromatic heterocycles. The summed E-state index contributed by atoms with van der Waals surface area (Å²) in [6.45, 7) is 0. The minimum Gasteiger partial charge on any atom is -0.493 e. The van der Waals surface area contributed by atoms with Gasteiger partial charge in [-0.1, -0.05) is 41.9 Å². The van der Waals surface area contributed by atoms with Crippen LogP contribution in [-0.2, 0) is 4.79 Å². The maximum atomic E-state index is 14.3. The number of rotatable bonds is 6. The first kappa shape index (κ1) is 19.4. The lowest BCUT2D eigenvalue weighted by atomic mass is 10.0. The van der Waals surface area contributed by atoms with Crippen LogP contribution in [0.4, 0.5) is 4.39 Å². The van der Waals surface area contributed by atoms with E-state index in [9.17, 15) is 19.1 Å². The fourth-order valence-corrected chi connectivity index (χ4v) is 2.86. The Morgan fingerprint density at radius 3 is 2.57 bits per heavy atom. The first-order valence-electron chi connectivity index (χ1n) is 8.18. The molecule has 0 radical (unpaired) electrons. The zero-order valence-electron chi connectivity index (χ0n) is 14.3. The van der Waals surface area contributed by atoms with Crippen molar-refractivity contribution in [3.8, 4) is 11.6 Å². The number of aromatic hydroxyl groups is 1. The molecule has 0 fully saturated rings. The number of carbonyl (C=O) groups excluding carboxylic acids is 1. The average molecular weight is 404 g/mol. The number of hydrogen-bond acceptors (Lipinski definition) is 4. The van der Waals surface area contributed by atoms with Crippen LogP contribution in [0.1, 0.15) is 28.5 Å². The number of carboxylic acids is 1. The van der Waals surface area contributed by atoms with E-state index < -0.39 is 30.2 Å². The smallest absolute Gasteiger partial charge is 0.305 e. The van der Waals surface area contributed by atoms with Crippen LogP contribution in [0.15, 0.2) is 54.6 Å². The van der Waals surface area contributed by atoms with Crippen LogP contribution in [0.2, 0.25) is 5.02 Å². The Balaban J connectivity index is 1.89. The van der Waals surface area contributed by atoms with E-state index in [1.54, 1.807) is 30.3 Å². The lowest BCUT2D eigenvalue weighted by molar-refractivity contribution is -0.137. The minimum absolute atomic E-state index is 0.0602. The first-order valence-corrected chi connectivity index (χ1v) is 8.55. The molecule has 1 heterocycles. The number of carbonyl (C=O) groups is 2. The highest BCUT2D eigenvalue weighted by Gasteiger charge is 2.24. The van der Waals surface area contributed by atoms with Crippen LogP contribution < -0.4 is 5.32 Å². The van der Waals surface area contributed by atoms with Gasteiger partial charge in [0.2, 0.25) is 5.88 Å². The normalized spacial score (nSPS) is 11.8. The van der Waals surface area contributed by atoms with Crippen LogP contribution in [0, 0.1) is 5.82 Å². The predicted molar refractivity (Wildman–Crippen MR) is 99.1 cm³/mol. The molecule has 144 valence electrons. The molecule has 0 saturated carbocycles. The summed E-state index contributed by atoms with van der Waals surface area (Å²) in [4.78, 5) is 23.7. The second-order valence-corrected chi connectivity index (χ2v) is 6.31. The van der Waals surface area contributed by atoms with Gasteiger partial charge in [0, 0.05) is 11.6 Å². The molecule has 0 spiro atoms. The van der Waals surface area contributed by atoms with Crippen LogP contribution in [0.25, 0.3) is 5.69 Å². The highest BCUT2D eigenvalue weighted by molar-refractivity contribution is 6.30. The Bertz CT molecular complexity index is 1020. The van der Waals surface area contributed by atoms with Gasteiger partial charge in [-0.05, 0) is 18.2 Å². The van der Waals surface area contributed by atoms with E-state index >= 15 is 0 Å². The third-order valence-corrected chi connectivity index (χ3v) is 4.26. The summed E-state index contributed by atoms with van der Waals surface area (Å²) >= 11 is 5.76. The van der Waals surface area contributed by atoms with E-state index in [-0.39, 0.29) is 22.2 Å². The average Bonchev–Trinajstić information content (AvgIpc) is 3.06. The molecule has 3 rings (SSSR count). The van der Waals surface area contributed by atoms with Crippen molar-refractivity contribution in [2.24, 2.45) is 0 Å². The molecule has 1 amide bonds. The van der Waals surface area contributed by atoms with Crippen molar-refractivity contribution in [1.29, 1.82) is 0 Å². The Hall–Kier alpha value is -3.39. The summed E-state index contributed by atoms with van der Waals surface area (Å²) < 4.78 is 15.5. The number of halogens is 2. The molecular formula is C19H15ClFN3O4. The molecule has 3 N–H and O–H groups in total. The van der Waals surface area contributed by atoms with Gasteiger partial charge < -0.3 is 15.5 Å². The number of nitrogens with zero attached hydrogens (tertiary/aromatic N) is 2. The van der Waals surface area contributed by atoms with E-state index in [0.29, 0.717) is 5.69 Å². The van der Waals surface area contributed by atoms with Gasteiger partial charge in [-0.2, -0.15) is 5.10 Å². The molecule has 3 aromatic rings. The predicted octanol–water partition coefficient (Wildman–Crippen LogP) is 3.32. The third kappa shape index (κ3) is 4.12. The summed E-state index contributed by atoms with van der Waals surface area (Å²) in [5.74, 6) is -3.09. The minimum atomic E-state index is -1.23. The Kier molecular flexibility index (Phi) is 5.60. The maximum absolute atomic E-state index is 14.3. The zero-order valence-corrected chi connectivity index (χ0v) is 15.1. The Morgan fingerprint density at radius 2 is 1.89 bits per heavy atom. The molecular weight excluding hydrogens is 389 g/mol. The lowest BCUT2D eigenvalue weighted by Crippen LogP contribution is -2.31. The zero-order chi connectivity index (χ0) is 20.3. The van der Waals surface area contributed by atoms with Crippen LogP contribution in [-0.4, -0.2) is 31.9 Å². The number of benzene rings is 2. The highest BCUT2D eigenvalue weighted by atomic mass is 35.5. The summed E-state index contributed by atoms with van der Waals surface area (Å²) in [5.41, 5.74) is 0.316. The molecule has 7 nitrogen and oxygen atoms in total. The van der Waals surface area contributed by atoms with Gasteiger partial charge in [0.25, 0.3) is 5.91 Å². The van der Waals surface area contributed by atoms with Crippen molar-refractivity contribution in [3.63, 3.8) is 0 Å². The topological polar surface area (TPSA) is 104 Å². The van der Waals surface area contributed by atoms with E-state index in [1.807, 2.05) is 0 Å². The van der Waals surface area contributed by atoms with Gasteiger partial charge in [-0.15, -0.1) is 0 Å². The second-order valence-electron chi connectivity index (χ2n) is 5.90. The summed E-state index contributed by atoms with van der Waals surface area (Å²) in [6, 6.07) is 12.7. The first-order chi connectivity index (χ1) is 13.4. The second kappa shape index (κ2) is 8.10. The highest BCUT2D eigenvalue weighted by Crippen LogP contribution is 2.26. The maximum Gasteiger partial charge on any atom is 0.305 e. The molecule has 2 aromatic carbocycles. The molecule has 1 atom stereocenters. The number of para-hydroxylation sites is 1. The molecule has 28 heavy (non-hydrogen) atoms. The van der Waals surface area contributed by atoms with Gasteiger partial charge in [0.15, 0.2) is 5.69 Å². The van der Waals surface area contributed by atoms with Gasteiger partial charge in [-0.3, -0.25) is 9.59 Å². The van der Waals surface area contributed by atoms with Crippen molar-refractivity contribution in [1.82, 2.24) is 15.1 Å². The number of amides is 1. The van der Waals surface area contributed by atoms with Crippen LogP contribution in [0.3, 0.4) is 0 Å². The molecule has 0 bridgehead atoms. The largest absolute Gasteiger partial charge is 0.493 e. The number of nitrogens with one attached hydrogen (secondary N) is 1. The van der Waals surface area contributed by atoms with E-state index in [2.05, 4.69) is 10.4 Å². The van der Waals surface area contributed by atoms with Gasteiger partial charge in [-0.25, -0.2) is 9.07 Å². The number of aromatic nitrogens is 2.